The molecule has 1 atom stereocenters. The van der Waals surface area contributed by atoms with Crippen molar-refractivity contribution in [1.29, 1.82) is 10.5 Å². The summed E-state index contributed by atoms with van der Waals surface area (Å²) in [6, 6.07) is 8.36. The minimum Gasteiger partial charge on any atom is -0.383 e. The van der Waals surface area contributed by atoms with Crippen LogP contribution in [0.3, 0.4) is 0 Å². The Morgan fingerprint density at radius 3 is 2.40 bits per heavy atom. The summed E-state index contributed by atoms with van der Waals surface area (Å²) in [5.41, 5.74) is 1.16. The summed E-state index contributed by atoms with van der Waals surface area (Å²) < 4.78 is 36.1. The van der Waals surface area contributed by atoms with Crippen molar-refractivity contribution in [2.75, 3.05) is 5.32 Å². The third-order valence-corrected chi connectivity index (χ3v) is 2.77. The van der Waals surface area contributed by atoms with Crippen molar-refractivity contribution in [3.63, 3.8) is 0 Å². The van der Waals surface area contributed by atoms with Crippen LogP contribution in [0.4, 0.5) is 18.9 Å². The molecule has 0 aliphatic carbocycles. The van der Waals surface area contributed by atoms with Gasteiger partial charge < -0.3 is 5.32 Å². The Labute approximate surface area is 115 Å². The van der Waals surface area contributed by atoms with Crippen molar-refractivity contribution >= 4 is 5.69 Å². The highest BCUT2D eigenvalue weighted by molar-refractivity contribution is 5.56. The largest absolute Gasteiger partial charge is 0.389 e. The van der Waals surface area contributed by atoms with E-state index in [1.165, 1.54) is 12.1 Å². The van der Waals surface area contributed by atoms with Crippen LogP contribution in [0, 0.1) is 22.7 Å². The number of hydrogen-bond donors (Lipinski definition) is 1. The maximum atomic E-state index is 12.0. The number of alkyl halides is 3. The van der Waals surface area contributed by atoms with Crippen molar-refractivity contribution in [2.24, 2.45) is 0 Å². The fourth-order valence-electron chi connectivity index (χ4n) is 1.79. The normalized spacial score (nSPS) is 12.3. The van der Waals surface area contributed by atoms with E-state index in [9.17, 15) is 13.2 Å². The predicted octanol–water partition coefficient (Wildman–Crippen LogP) is 3.96. The summed E-state index contributed by atoms with van der Waals surface area (Å²) in [5, 5.41) is 20.7. The molecule has 20 heavy (non-hydrogen) atoms. The quantitative estimate of drug-likeness (QED) is 0.888. The van der Waals surface area contributed by atoms with Gasteiger partial charge in [-0.1, -0.05) is 0 Å². The standard InChI is InChI=1S/C14H14F3N3/c1-10(3-2-6-14(15,16)17)20-13-5-4-11(8-18)12(7-13)9-19/h4-5,7,10,20H,2-3,6H2,1H3. The van der Waals surface area contributed by atoms with Gasteiger partial charge in [-0.3, -0.25) is 0 Å². The number of rotatable bonds is 5. The molecule has 1 N–H and O–H groups in total. The van der Waals surface area contributed by atoms with E-state index in [4.69, 9.17) is 10.5 Å². The molecule has 106 valence electrons. The molecule has 0 radical (unpaired) electrons. The number of benzene rings is 1. The smallest absolute Gasteiger partial charge is 0.383 e. The Kier molecular flexibility index (Phi) is 5.40. The van der Waals surface area contributed by atoms with Crippen LogP contribution in [-0.2, 0) is 0 Å². The van der Waals surface area contributed by atoms with Gasteiger partial charge in [0.2, 0.25) is 0 Å². The van der Waals surface area contributed by atoms with Crippen molar-refractivity contribution in [3.05, 3.63) is 29.3 Å². The fourth-order valence-corrected chi connectivity index (χ4v) is 1.79. The molecule has 0 fully saturated rings. The van der Waals surface area contributed by atoms with E-state index >= 15 is 0 Å². The maximum Gasteiger partial charge on any atom is 0.389 e. The lowest BCUT2D eigenvalue weighted by Gasteiger charge is -2.16. The van der Waals surface area contributed by atoms with E-state index in [-0.39, 0.29) is 23.6 Å². The average Bonchev–Trinajstić information content (AvgIpc) is 2.37. The van der Waals surface area contributed by atoms with Gasteiger partial charge in [0.15, 0.2) is 0 Å². The molecule has 0 amide bonds. The van der Waals surface area contributed by atoms with Crippen LogP contribution in [0.2, 0.25) is 0 Å². The molecule has 1 unspecified atom stereocenters. The topological polar surface area (TPSA) is 59.6 Å². The number of hydrogen-bond acceptors (Lipinski definition) is 3. The predicted molar refractivity (Wildman–Crippen MR) is 68.9 cm³/mol. The van der Waals surface area contributed by atoms with Crippen molar-refractivity contribution in [2.45, 2.75) is 38.4 Å². The number of nitrogens with zero attached hydrogens (tertiary/aromatic N) is 2. The molecular formula is C14H14F3N3. The summed E-state index contributed by atoms with van der Waals surface area (Å²) in [6.45, 7) is 1.78. The van der Waals surface area contributed by atoms with Crippen LogP contribution in [0.1, 0.15) is 37.3 Å². The first kappa shape index (κ1) is 15.8. The Hall–Kier alpha value is -2.21. The monoisotopic (exact) mass is 281 g/mol. The van der Waals surface area contributed by atoms with Crippen LogP contribution < -0.4 is 5.32 Å². The molecule has 1 rings (SSSR count). The third-order valence-electron chi connectivity index (χ3n) is 2.77. The second kappa shape index (κ2) is 6.81. The zero-order valence-corrected chi connectivity index (χ0v) is 11.0. The van der Waals surface area contributed by atoms with Crippen LogP contribution in [-0.4, -0.2) is 12.2 Å². The lowest BCUT2D eigenvalue weighted by Crippen LogP contribution is -2.16. The van der Waals surface area contributed by atoms with Crippen LogP contribution in [0.25, 0.3) is 0 Å². The van der Waals surface area contributed by atoms with E-state index in [1.807, 2.05) is 12.1 Å². The van der Waals surface area contributed by atoms with E-state index in [0.29, 0.717) is 12.1 Å². The Bertz CT molecular complexity index is 538. The van der Waals surface area contributed by atoms with Crippen LogP contribution in [0.5, 0.6) is 0 Å². The second-order valence-corrected chi connectivity index (χ2v) is 4.54. The molecule has 0 heterocycles. The molecule has 0 aliphatic rings. The fraction of sp³-hybridized carbons (Fsp3) is 0.429. The molecule has 0 saturated heterocycles. The third kappa shape index (κ3) is 5.19. The molecule has 1 aromatic rings. The first-order valence-corrected chi connectivity index (χ1v) is 6.13. The summed E-state index contributed by atoms with van der Waals surface area (Å²) in [4.78, 5) is 0. The summed E-state index contributed by atoms with van der Waals surface area (Å²) >= 11 is 0. The highest BCUT2D eigenvalue weighted by Gasteiger charge is 2.26. The van der Waals surface area contributed by atoms with E-state index in [1.54, 1.807) is 13.0 Å². The zero-order chi connectivity index (χ0) is 15.2. The van der Waals surface area contributed by atoms with E-state index in [2.05, 4.69) is 5.32 Å². The van der Waals surface area contributed by atoms with Gasteiger partial charge in [0, 0.05) is 18.2 Å². The minimum atomic E-state index is -4.12. The van der Waals surface area contributed by atoms with Gasteiger partial charge in [-0.2, -0.15) is 23.7 Å². The lowest BCUT2D eigenvalue weighted by molar-refractivity contribution is -0.135. The summed E-state index contributed by atoms with van der Waals surface area (Å²) in [5.74, 6) is 0. The maximum absolute atomic E-state index is 12.0. The lowest BCUT2D eigenvalue weighted by atomic mass is 10.1. The highest BCUT2D eigenvalue weighted by atomic mass is 19.4. The molecular weight excluding hydrogens is 267 g/mol. The first-order chi connectivity index (χ1) is 9.35. The van der Waals surface area contributed by atoms with Crippen molar-refractivity contribution in [3.8, 4) is 12.1 Å². The number of halogens is 3. The highest BCUT2D eigenvalue weighted by Crippen LogP contribution is 2.23. The SMILES string of the molecule is CC(CCCC(F)(F)F)Nc1ccc(C#N)c(C#N)c1. The van der Waals surface area contributed by atoms with Gasteiger partial charge in [0.05, 0.1) is 11.1 Å². The average molecular weight is 281 g/mol. The molecule has 0 aromatic heterocycles. The van der Waals surface area contributed by atoms with Gasteiger partial charge in [-0.15, -0.1) is 0 Å². The Balaban J connectivity index is 2.57. The minimum absolute atomic E-state index is 0.0546. The van der Waals surface area contributed by atoms with E-state index < -0.39 is 12.6 Å². The molecule has 0 spiro atoms. The van der Waals surface area contributed by atoms with Crippen molar-refractivity contribution in [1.82, 2.24) is 0 Å². The summed E-state index contributed by atoms with van der Waals surface area (Å²) in [7, 11) is 0. The Morgan fingerprint density at radius 2 is 1.85 bits per heavy atom. The van der Waals surface area contributed by atoms with Gasteiger partial charge in [0.25, 0.3) is 0 Å². The number of nitrogens with one attached hydrogen (secondary N) is 1. The number of nitriles is 2. The molecule has 1 aromatic carbocycles. The Morgan fingerprint density at radius 1 is 1.20 bits per heavy atom. The molecule has 0 aliphatic heterocycles. The van der Waals surface area contributed by atoms with Crippen LogP contribution in [0.15, 0.2) is 18.2 Å². The molecule has 0 saturated carbocycles. The van der Waals surface area contributed by atoms with Gasteiger partial charge in [-0.25, -0.2) is 0 Å². The van der Waals surface area contributed by atoms with Gasteiger partial charge >= 0.3 is 6.18 Å². The zero-order valence-electron chi connectivity index (χ0n) is 11.0. The molecule has 3 nitrogen and oxygen atoms in total. The molecule has 0 bridgehead atoms. The second-order valence-electron chi connectivity index (χ2n) is 4.54. The summed E-state index contributed by atoms with van der Waals surface area (Å²) in [6.07, 6.45) is -4.49. The number of anilines is 1. The van der Waals surface area contributed by atoms with Crippen molar-refractivity contribution < 1.29 is 13.2 Å². The van der Waals surface area contributed by atoms with Gasteiger partial charge in [0.1, 0.15) is 12.1 Å². The molecule has 6 heteroatoms. The van der Waals surface area contributed by atoms with E-state index in [0.717, 1.165) is 0 Å². The van der Waals surface area contributed by atoms with Gasteiger partial charge in [-0.05, 0) is 38.0 Å². The first-order valence-electron chi connectivity index (χ1n) is 6.13. The van der Waals surface area contributed by atoms with Crippen LogP contribution >= 0.6 is 0 Å².